The number of morpholine rings is 1. The first-order valence-electron chi connectivity index (χ1n) is 14.0. The Hall–Kier alpha value is -5.49. The van der Waals surface area contributed by atoms with Crippen molar-refractivity contribution in [2.45, 2.75) is 0 Å². The first kappa shape index (κ1) is 28.6. The van der Waals surface area contributed by atoms with Crippen LogP contribution in [-0.4, -0.2) is 77.2 Å². The normalized spacial score (nSPS) is 13.0. The number of hydrogen-bond acceptors (Lipinski definition) is 8. The van der Waals surface area contributed by atoms with Crippen LogP contribution in [0.3, 0.4) is 0 Å². The lowest BCUT2D eigenvalue weighted by atomic mass is 10.0. The molecule has 0 radical (unpaired) electrons. The Morgan fingerprint density at radius 1 is 0.886 bits per heavy atom. The highest BCUT2D eigenvalue weighted by Gasteiger charge is 2.19. The van der Waals surface area contributed by atoms with Gasteiger partial charge in [-0.15, -0.1) is 0 Å². The summed E-state index contributed by atoms with van der Waals surface area (Å²) in [5, 5.41) is 6.35. The Kier molecular flexibility index (Phi) is 8.06. The number of pyridine rings is 2. The molecule has 0 aliphatic carbocycles. The number of nitrogens with zero attached hydrogens (tertiary/aromatic N) is 6. The number of aromatic nitrogens is 4. The number of rotatable bonds is 6. The summed E-state index contributed by atoms with van der Waals surface area (Å²) in [6.07, 6.45) is 2.85. The number of nitrogens with one attached hydrogen (secondary N) is 2. The minimum Gasteiger partial charge on any atom is -0.378 e. The Morgan fingerprint density at radius 2 is 1.61 bits per heavy atom. The van der Waals surface area contributed by atoms with Gasteiger partial charge in [-0.3, -0.25) is 4.79 Å². The van der Waals surface area contributed by atoms with Crippen molar-refractivity contribution in [2.75, 3.05) is 55.9 Å². The molecule has 2 N–H and O–H groups in total. The fourth-order valence-corrected chi connectivity index (χ4v) is 4.85. The summed E-state index contributed by atoms with van der Waals surface area (Å²) in [6.45, 7) is 2.56. The Labute approximate surface area is 252 Å². The van der Waals surface area contributed by atoms with Crippen molar-refractivity contribution in [3.8, 4) is 22.5 Å². The van der Waals surface area contributed by atoms with Crippen LogP contribution in [-0.2, 0) is 4.74 Å². The van der Waals surface area contributed by atoms with Crippen LogP contribution in [0.1, 0.15) is 10.5 Å². The quantitative estimate of drug-likeness (QED) is 0.262. The van der Waals surface area contributed by atoms with Gasteiger partial charge in [-0.25, -0.2) is 24.7 Å². The highest BCUT2D eigenvalue weighted by atomic mass is 19.1. The SMILES string of the molecule is CN(C)C(=O)c1ccc(NC(=O)Nc2ccc(-c3nc(N4CCOCC4)c4ccc(-c5cccnc5F)cc4n3)cc2)cn1. The van der Waals surface area contributed by atoms with Crippen LogP contribution >= 0.6 is 0 Å². The second-order valence-corrected chi connectivity index (χ2v) is 10.3. The fourth-order valence-electron chi connectivity index (χ4n) is 4.85. The second kappa shape index (κ2) is 12.4. The maximum absolute atomic E-state index is 14.5. The molecule has 6 rings (SSSR count). The number of halogens is 1. The maximum Gasteiger partial charge on any atom is 0.323 e. The predicted octanol–water partition coefficient (Wildman–Crippen LogP) is 5.08. The molecule has 11 nitrogen and oxygen atoms in total. The van der Waals surface area contributed by atoms with Crippen LogP contribution in [0, 0.1) is 5.95 Å². The van der Waals surface area contributed by atoms with Gasteiger partial charge in [0.2, 0.25) is 5.95 Å². The lowest BCUT2D eigenvalue weighted by Gasteiger charge is -2.29. The van der Waals surface area contributed by atoms with E-state index in [4.69, 9.17) is 14.7 Å². The number of urea groups is 1. The van der Waals surface area contributed by atoms with Gasteiger partial charge in [0, 0.05) is 55.6 Å². The van der Waals surface area contributed by atoms with Gasteiger partial charge in [0.1, 0.15) is 11.5 Å². The van der Waals surface area contributed by atoms with Gasteiger partial charge in [0.25, 0.3) is 5.91 Å². The van der Waals surface area contributed by atoms with Crippen LogP contribution < -0.4 is 15.5 Å². The van der Waals surface area contributed by atoms with E-state index in [0.717, 1.165) is 16.8 Å². The molecule has 12 heteroatoms. The lowest BCUT2D eigenvalue weighted by molar-refractivity contribution is 0.0822. The zero-order chi connectivity index (χ0) is 30.6. The summed E-state index contributed by atoms with van der Waals surface area (Å²) < 4.78 is 20.0. The average Bonchev–Trinajstić information content (AvgIpc) is 3.05. The number of hydrogen-bond donors (Lipinski definition) is 2. The third-order valence-corrected chi connectivity index (χ3v) is 7.11. The first-order valence-corrected chi connectivity index (χ1v) is 14.0. The first-order chi connectivity index (χ1) is 21.4. The topological polar surface area (TPSA) is 125 Å². The predicted molar refractivity (Wildman–Crippen MR) is 166 cm³/mol. The standard InChI is InChI=1S/C32H29FN8O3/c1-40(2)31(42)26-12-10-23(19-35-26)37-32(43)36-22-8-5-20(6-9-22)29-38-27-18-21(24-4-3-13-34-28(24)33)7-11-25(27)30(39-29)41-14-16-44-17-15-41/h3-13,18-19H,14-17H2,1-2H3,(H2,36,37,43). The van der Waals surface area contributed by atoms with Crippen molar-refractivity contribution < 1.29 is 18.7 Å². The van der Waals surface area contributed by atoms with E-state index >= 15 is 0 Å². The summed E-state index contributed by atoms with van der Waals surface area (Å²) in [6, 6.07) is 18.9. The molecule has 0 atom stereocenters. The molecule has 0 unspecified atom stereocenters. The van der Waals surface area contributed by atoms with Gasteiger partial charge in [-0.05, 0) is 66.2 Å². The van der Waals surface area contributed by atoms with Crippen LogP contribution in [0.5, 0.6) is 0 Å². The zero-order valence-electron chi connectivity index (χ0n) is 24.1. The molecular weight excluding hydrogens is 563 g/mol. The van der Waals surface area contributed by atoms with Gasteiger partial charge >= 0.3 is 6.03 Å². The lowest BCUT2D eigenvalue weighted by Crippen LogP contribution is -2.37. The van der Waals surface area contributed by atoms with Gasteiger partial charge in [-0.1, -0.05) is 6.07 Å². The summed E-state index contributed by atoms with van der Waals surface area (Å²) in [5.41, 5.74) is 3.76. The van der Waals surface area contributed by atoms with Crippen molar-refractivity contribution in [1.29, 1.82) is 0 Å². The summed E-state index contributed by atoms with van der Waals surface area (Å²) in [4.78, 5) is 45.9. The van der Waals surface area contributed by atoms with E-state index in [1.807, 2.05) is 30.3 Å². The smallest absolute Gasteiger partial charge is 0.323 e. The minimum atomic E-state index is -0.547. The summed E-state index contributed by atoms with van der Waals surface area (Å²) in [7, 11) is 3.29. The maximum atomic E-state index is 14.5. The molecule has 2 aromatic carbocycles. The van der Waals surface area contributed by atoms with Crippen LogP contribution in [0.25, 0.3) is 33.4 Å². The number of anilines is 3. The molecular formula is C32H29FN8O3. The molecule has 0 saturated carbocycles. The molecule has 3 aromatic heterocycles. The van der Waals surface area contributed by atoms with Gasteiger partial charge in [-0.2, -0.15) is 4.39 Å². The zero-order valence-corrected chi connectivity index (χ0v) is 24.1. The number of amides is 3. The van der Waals surface area contributed by atoms with Crippen molar-refractivity contribution >= 4 is 40.0 Å². The molecule has 222 valence electrons. The Morgan fingerprint density at radius 3 is 2.32 bits per heavy atom. The van der Waals surface area contributed by atoms with E-state index in [1.165, 1.54) is 17.3 Å². The van der Waals surface area contributed by atoms with Gasteiger partial charge < -0.3 is 25.2 Å². The molecule has 0 spiro atoms. The molecule has 5 aromatic rings. The molecule has 44 heavy (non-hydrogen) atoms. The third-order valence-electron chi connectivity index (χ3n) is 7.11. The van der Waals surface area contributed by atoms with Gasteiger partial charge in [0.05, 0.1) is 30.6 Å². The van der Waals surface area contributed by atoms with Crippen LogP contribution in [0.2, 0.25) is 0 Å². The number of carbonyl (C=O) groups excluding carboxylic acids is 2. The highest BCUT2D eigenvalue weighted by molar-refractivity contribution is 6.00. The Balaban J connectivity index is 1.25. The number of benzene rings is 2. The highest BCUT2D eigenvalue weighted by Crippen LogP contribution is 2.32. The van der Waals surface area contributed by atoms with Crippen molar-refractivity contribution in [3.63, 3.8) is 0 Å². The largest absolute Gasteiger partial charge is 0.378 e. The van der Waals surface area contributed by atoms with E-state index in [0.29, 0.717) is 60.1 Å². The van der Waals surface area contributed by atoms with Crippen LogP contribution in [0.15, 0.2) is 79.1 Å². The number of carbonyl (C=O) groups is 2. The van der Waals surface area contributed by atoms with E-state index in [9.17, 15) is 14.0 Å². The average molecular weight is 593 g/mol. The minimum absolute atomic E-state index is 0.226. The number of ether oxygens (including phenoxy) is 1. The molecule has 4 heterocycles. The summed E-state index contributed by atoms with van der Waals surface area (Å²) >= 11 is 0. The second-order valence-electron chi connectivity index (χ2n) is 10.3. The molecule has 1 saturated heterocycles. The molecule has 1 aliphatic heterocycles. The monoisotopic (exact) mass is 592 g/mol. The Bertz CT molecular complexity index is 1820. The van der Waals surface area contributed by atoms with Crippen molar-refractivity contribution in [1.82, 2.24) is 24.8 Å². The van der Waals surface area contributed by atoms with E-state index < -0.39 is 12.0 Å². The summed E-state index contributed by atoms with van der Waals surface area (Å²) in [5.74, 6) is 0.503. The van der Waals surface area contributed by atoms with E-state index in [2.05, 4.69) is 25.5 Å². The molecule has 1 fully saturated rings. The third kappa shape index (κ3) is 6.15. The molecule has 3 amide bonds. The van der Waals surface area contributed by atoms with Gasteiger partial charge in [0.15, 0.2) is 5.82 Å². The van der Waals surface area contributed by atoms with Crippen molar-refractivity contribution in [2.24, 2.45) is 0 Å². The van der Waals surface area contributed by atoms with Crippen molar-refractivity contribution in [3.05, 3.63) is 90.8 Å². The van der Waals surface area contributed by atoms with E-state index in [1.54, 1.807) is 50.5 Å². The van der Waals surface area contributed by atoms with E-state index in [-0.39, 0.29) is 11.6 Å². The van der Waals surface area contributed by atoms with Crippen LogP contribution in [0.4, 0.5) is 26.4 Å². The number of fused-ring (bicyclic) bond motifs is 1. The molecule has 1 aliphatic rings. The fraction of sp³-hybridized carbons (Fsp3) is 0.188. The molecule has 0 bridgehead atoms.